The van der Waals surface area contributed by atoms with Crippen molar-refractivity contribution in [3.05, 3.63) is 64.7 Å². The van der Waals surface area contributed by atoms with Gasteiger partial charge >= 0.3 is 6.03 Å². The monoisotopic (exact) mass is 439 g/mol. The number of anilines is 1. The first-order valence-electron chi connectivity index (χ1n) is 10.6. The van der Waals surface area contributed by atoms with Gasteiger partial charge < -0.3 is 9.80 Å². The van der Waals surface area contributed by atoms with Gasteiger partial charge in [-0.1, -0.05) is 48.0 Å². The molecule has 3 unspecified atom stereocenters. The van der Waals surface area contributed by atoms with Crippen LogP contribution < -0.4 is 10.2 Å². The predicted octanol–water partition coefficient (Wildman–Crippen LogP) is 2.84. The zero-order valence-corrected chi connectivity index (χ0v) is 18.4. The Hall–Kier alpha value is -2.61. The first kappa shape index (κ1) is 20.3. The number of amides is 3. The first-order chi connectivity index (χ1) is 15.0. The van der Waals surface area contributed by atoms with Crippen LogP contribution in [-0.4, -0.2) is 65.3 Å². The summed E-state index contributed by atoms with van der Waals surface area (Å²) in [5, 5.41) is 4.12. The van der Waals surface area contributed by atoms with E-state index in [4.69, 9.17) is 11.6 Å². The van der Waals surface area contributed by atoms with E-state index in [0.717, 1.165) is 30.8 Å². The van der Waals surface area contributed by atoms with Gasteiger partial charge in [-0.25, -0.2) is 4.79 Å². The van der Waals surface area contributed by atoms with Crippen LogP contribution in [0.4, 0.5) is 10.5 Å². The van der Waals surface area contributed by atoms with Gasteiger partial charge in [0, 0.05) is 30.8 Å². The molecule has 0 bridgehead atoms. The third-order valence-electron chi connectivity index (χ3n) is 6.58. The van der Waals surface area contributed by atoms with Crippen LogP contribution in [0.5, 0.6) is 0 Å². The molecule has 2 aromatic rings. The highest BCUT2D eigenvalue weighted by atomic mass is 35.5. The molecule has 1 N–H and O–H groups in total. The van der Waals surface area contributed by atoms with E-state index in [1.54, 1.807) is 18.0 Å². The number of likely N-dealkylation sites (N-methyl/N-ethyl adjacent to an activating group) is 1. The van der Waals surface area contributed by atoms with Crippen LogP contribution in [0.15, 0.2) is 48.5 Å². The summed E-state index contributed by atoms with van der Waals surface area (Å²) in [4.78, 5) is 34.2. The third-order valence-corrected chi connectivity index (χ3v) is 6.95. The number of imide groups is 1. The number of aryl methyl sites for hydroxylation is 1. The normalized spacial score (nSPS) is 26.3. The van der Waals surface area contributed by atoms with Crippen molar-refractivity contribution in [1.82, 2.24) is 20.0 Å². The molecule has 0 saturated carbocycles. The molecule has 3 aliphatic rings. The zero-order valence-electron chi connectivity index (χ0n) is 17.7. The van der Waals surface area contributed by atoms with Crippen molar-refractivity contribution in [2.45, 2.75) is 38.4 Å². The Labute approximate surface area is 187 Å². The molecular weight excluding hydrogens is 414 g/mol. The largest absolute Gasteiger partial charge is 0.343 e. The maximum Gasteiger partial charge on any atom is 0.328 e. The number of halogens is 1. The summed E-state index contributed by atoms with van der Waals surface area (Å²) in [7, 11) is 1.76. The van der Waals surface area contributed by atoms with E-state index in [0.29, 0.717) is 5.02 Å². The molecule has 8 heteroatoms. The van der Waals surface area contributed by atoms with E-state index < -0.39 is 6.04 Å². The number of nitrogens with one attached hydrogen (secondary N) is 1. The van der Waals surface area contributed by atoms with Crippen molar-refractivity contribution in [3.63, 3.8) is 0 Å². The zero-order chi connectivity index (χ0) is 21.7. The number of rotatable bonds is 3. The van der Waals surface area contributed by atoms with Crippen LogP contribution in [0.1, 0.15) is 17.5 Å². The molecule has 0 radical (unpaired) electrons. The lowest BCUT2D eigenvalue weighted by Crippen LogP contribution is -2.66. The smallest absolute Gasteiger partial charge is 0.328 e. The lowest BCUT2D eigenvalue weighted by molar-refractivity contribution is -0.139. The maximum absolute atomic E-state index is 13.6. The fourth-order valence-electron chi connectivity index (χ4n) is 4.99. The van der Waals surface area contributed by atoms with Gasteiger partial charge in [0.15, 0.2) is 0 Å². The summed E-state index contributed by atoms with van der Waals surface area (Å²) in [6.07, 6.45) is 0.451. The molecule has 0 spiro atoms. The molecule has 3 amide bonds. The summed E-state index contributed by atoms with van der Waals surface area (Å²) < 4.78 is 0. The van der Waals surface area contributed by atoms with Crippen molar-refractivity contribution < 1.29 is 9.59 Å². The third kappa shape index (κ3) is 3.28. The number of urea groups is 1. The number of benzene rings is 2. The number of nitrogens with zero attached hydrogens (tertiary/aromatic N) is 4. The molecule has 2 aromatic carbocycles. The fourth-order valence-corrected chi connectivity index (χ4v) is 5.19. The number of para-hydroxylation sites is 1. The quantitative estimate of drug-likeness (QED) is 0.797. The summed E-state index contributed by atoms with van der Waals surface area (Å²) in [5.41, 5.74) is 3.11. The van der Waals surface area contributed by atoms with Crippen LogP contribution in [-0.2, 0) is 11.3 Å². The number of fused-ring (bicyclic) bond motifs is 3. The molecule has 3 fully saturated rings. The van der Waals surface area contributed by atoms with Gasteiger partial charge in [0.2, 0.25) is 0 Å². The Morgan fingerprint density at radius 2 is 1.81 bits per heavy atom. The highest BCUT2D eigenvalue weighted by molar-refractivity contribution is 6.31. The molecule has 0 aromatic heterocycles. The molecule has 3 heterocycles. The van der Waals surface area contributed by atoms with E-state index in [-0.39, 0.29) is 30.9 Å². The second-order valence-corrected chi connectivity index (χ2v) is 8.82. The lowest BCUT2D eigenvalue weighted by Gasteiger charge is -2.44. The molecule has 5 rings (SSSR count). The van der Waals surface area contributed by atoms with Crippen LogP contribution >= 0.6 is 11.6 Å². The molecule has 7 nitrogen and oxygen atoms in total. The van der Waals surface area contributed by atoms with E-state index in [1.807, 2.05) is 30.3 Å². The van der Waals surface area contributed by atoms with E-state index in [9.17, 15) is 9.59 Å². The van der Waals surface area contributed by atoms with Crippen LogP contribution in [0.2, 0.25) is 5.02 Å². The predicted molar refractivity (Wildman–Crippen MR) is 120 cm³/mol. The van der Waals surface area contributed by atoms with Crippen LogP contribution in [0, 0.1) is 6.92 Å². The van der Waals surface area contributed by atoms with Crippen molar-refractivity contribution in [3.8, 4) is 0 Å². The molecule has 162 valence electrons. The van der Waals surface area contributed by atoms with Gasteiger partial charge in [-0.2, -0.15) is 0 Å². The van der Waals surface area contributed by atoms with E-state index in [2.05, 4.69) is 34.2 Å². The first-order valence-corrected chi connectivity index (χ1v) is 11.0. The molecule has 0 aliphatic carbocycles. The Morgan fingerprint density at radius 3 is 2.58 bits per heavy atom. The van der Waals surface area contributed by atoms with Crippen molar-refractivity contribution >= 4 is 29.2 Å². The SMILES string of the molecule is Cc1ccccc1N1CCCN2C3C(=O)N(Cc4ccccc4Cl)C(=O)N(C)C3NC12. The maximum atomic E-state index is 13.6. The highest BCUT2D eigenvalue weighted by Gasteiger charge is 2.56. The van der Waals surface area contributed by atoms with E-state index >= 15 is 0 Å². The summed E-state index contributed by atoms with van der Waals surface area (Å²) in [6.45, 7) is 3.97. The minimum atomic E-state index is -0.429. The molecular formula is C23H26ClN5O2. The van der Waals surface area contributed by atoms with Crippen LogP contribution in [0.25, 0.3) is 0 Å². The molecule has 3 saturated heterocycles. The van der Waals surface area contributed by atoms with Crippen molar-refractivity contribution in [2.75, 3.05) is 25.0 Å². The summed E-state index contributed by atoms with van der Waals surface area (Å²) in [5.74, 6) is -0.172. The highest BCUT2D eigenvalue weighted by Crippen LogP contribution is 2.34. The Balaban J connectivity index is 1.46. The Kier molecular flexibility index (Phi) is 5.12. The second kappa shape index (κ2) is 7.82. The van der Waals surface area contributed by atoms with Crippen LogP contribution in [0.3, 0.4) is 0 Å². The summed E-state index contributed by atoms with van der Waals surface area (Å²) >= 11 is 6.31. The summed E-state index contributed by atoms with van der Waals surface area (Å²) in [6, 6.07) is 14.9. The van der Waals surface area contributed by atoms with Gasteiger partial charge in [0.05, 0.1) is 6.54 Å². The fraction of sp³-hybridized carbons (Fsp3) is 0.391. The Morgan fingerprint density at radius 1 is 1.06 bits per heavy atom. The average molecular weight is 440 g/mol. The Bertz CT molecular complexity index is 1030. The van der Waals surface area contributed by atoms with Gasteiger partial charge in [-0.05, 0) is 36.6 Å². The van der Waals surface area contributed by atoms with Gasteiger partial charge in [-0.3, -0.25) is 19.9 Å². The van der Waals surface area contributed by atoms with Gasteiger partial charge in [-0.15, -0.1) is 0 Å². The number of hydrogen-bond acceptors (Lipinski definition) is 5. The number of hydrogen-bond donors (Lipinski definition) is 1. The number of carbonyl (C=O) groups excluding carboxylic acids is 2. The molecule has 3 atom stereocenters. The van der Waals surface area contributed by atoms with Crippen molar-refractivity contribution in [2.24, 2.45) is 0 Å². The minimum Gasteiger partial charge on any atom is -0.343 e. The topological polar surface area (TPSA) is 59.1 Å². The van der Waals surface area contributed by atoms with Gasteiger partial charge in [0.25, 0.3) is 5.91 Å². The standard InChI is InChI=1S/C23H26ClN5O2/c1-15-8-3-6-11-18(15)27-12-7-13-28-19-20(25-22(27)28)26(2)23(31)29(21(19)30)14-16-9-4-5-10-17(16)24/h3-6,8-11,19-20,22,25H,7,12-14H2,1-2H3. The van der Waals surface area contributed by atoms with Gasteiger partial charge in [0.1, 0.15) is 18.5 Å². The molecule has 3 aliphatic heterocycles. The minimum absolute atomic E-state index is 0.135. The molecule has 31 heavy (non-hydrogen) atoms. The average Bonchev–Trinajstić information content (AvgIpc) is 3.17. The number of carbonyl (C=O) groups is 2. The lowest BCUT2D eigenvalue weighted by atomic mass is 10.1. The second-order valence-electron chi connectivity index (χ2n) is 8.41. The van der Waals surface area contributed by atoms with Crippen molar-refractivity contribution in [1.29, 1.82) is 0 Å². The van der Waals surface area contributed by atoms with E-state index in [1.165, 1.54) is 10.5 Å².